The van der Waals surface area contributed by atoms with Crippen molar-refractivity contribution in [2.75, 3.05) is 18.5 Å². The monoisotopic (exact) mass is 339 g/mol. The predicted octanol–water partition coefficient (Wildman–Crippen LogP) is 2.68. The molecular formula is C15H18ClN3O2S. The van der Waals surface area contributed by atoms with Gasteiger partial charge in [0.25, 0.3) is 0 Å². The molecule has 3 rings (SSSR count). The molecule has 1 aromatic heterocycles. The Labute approximate surface area is 139 Å². The summed E-state index contributed by atoms with van der Waals surface area (Å²) in [4.78, 5) is 16.8. The van der Waals surface area contributed by atoms with E-state index in [2.05, 4.69) is 10.3 Å². The van der Waals surface area contributed by atoms with E-state index in [4.69, 9.17) is 10.5 Å². The van der Waals surface area contributed by atoms with E-state index in [-0.39, 0.29) is 18.3 Å². The zero-order valence-electron chi connectivity index (χ0n) is 12.0. The van der Waals surface area contributed by atoms with E-state index in [1.807, 2.05) is 35.7 Å². The van der Waals surface area contributed by atoms with Crippen LogP contribution in [-0.4, -0.2) is 29.6 Å². The number of nitrogens with zero attached hydrogens (tertiary/aromatic N) is 1. The summed E-state index contributed by atoms with van der Waals surface area (Å²) in [5, 5.41) is 5.34. The Morgan fingerprint density at radius 3 is 2.64 bits per heavy atom. The molecule has 7 heteroatoms. The van der Waals surface area contributed by atoms with Gasteiger partial charge in [-0.2, -0.15) is 0 Å². The smallest absolute Gasteiger partial charge is 0.246 e. The largest absolute Gasteiger partial charge is 0.381 e. The lowest BCUT2D eigenvalue weighted by Gasteiger charge is -2.31. The fourth-order valence-electron chi connectivity index (χ4n) is 2.26. The molecule has 3 N–H and O–H groups in total. The molecule has 1 aliphatic heterocycles. The van der Waals surface area contributed by atoms with E-state index in [0.29, 0.717) is 31.2 Å². The number of carbonyl (C=O) groups is 1. The first-order valence-electron chi connectivity index (χ1n) is 6.86. The van der Waals surface area contributed by atoms with Crippen LogP contribution in [0, 0.1) is 0 Å². The number of hydrogen-bond donors (Lipinski definition) is 2. The third kappa shape index (κ3) is 3.64. The van der Waals surface area contributed by atoms with Gasteiger partial charge in [0, 0.05) is 24.2 Å². The van der Waals surface area contributed by atoms with Crippen LogP contribution < -0.4 is 11.1 Å². The second-order valence-electron chi connectivity index (χ2n) is 5.13. The van der Waals surface area contributed by atoms with Crippen LogP contribution in [0.1, 0.15) is 12.8 Å². The lowest BCUT2D eigenvalue weighted by molar-refractivity contribution is -0.124. The molecule has 5 nitrogen and oxygen atoms in total. The predicted molar refractivity (Wildman–Crippen MR) is 90.4 cm³/mol. The SMILES string of the molecule is Cl.NC1(C(=O)Nc2nc(-c3ccccc3)cs2)CCOCC1. The third-order valence-electron chi connectivity index (χ3n) is 3.63. The van der Waals surface area contributed by atoms with E-state index in [1.54, 1.807) is 0 Å². The second kappa shape index (κ2) is 7.19. The number of rotatable bonds is 3. The summed E-state index contributed by atoms with van der Waals surface area (Å²) in [5.41, 5.74) is 7.19. The first kappa shape index (κ1) is 16.9. The molecule has 0 atom stereocenters. The maximum atomic E-state index is 12.3. The molecule has 0 saturated carbocycles. The van der Waals surface area contributed by atoms with Crippen molar-refractivity contribution in [3.05, 3.63) is 35.7 Å². The van der Waals surface area contributed by atoms with Gasteiger partial charge in [-0.25, -0.2) is 4.98 Å². The van der Waals surface area contributed by atoms with Crippen molar-refractivity contribution >= 4 is 34.8 Å². The van der Waals surface area contributed by atoms with Crippen molar-refractivity contribution in [2.45, 2.75) is 18.4 Å². The molecule has 0 bridgehead atoms. The lowest BCUT2D eigenvalue weighted by Crippen LogP contribution is -2.54. The third-order valence-corrected chi connectivity index (χ3v) is 4.39. The number of thiazole rings is 1. The highest BCUT2D eigenvalue weighted by molar-refractivity contribution is 7.14. The Morgan fingerprint density at radius 1 is 1.27 bits per heavy atom. The molecule has 118 valence electrons. The molecule has 22 heavy (non-hydrogen) atoms. The summed E-state index contributed by atoms with van der Waals surface area (Å²) in [5.74, 6) is -0.181. The molecule has 1 amide bonds. The quantitative estimate of drug-likeness (QED) is 0.901. The van der Waals surface area contributed by atoms with Crippen molar-refractivity contribution in [1.82, 2.24) is 4.98 Å². The van der Waals surface area contributed by atoms with Crippen LogP contribution >= 0.6 is 23.7 Å². The molecule has 0 spiro atoms. The van der Waals surface area contributed by atoms with Gasteiger partial charge in [-0.1, -0.05) is 30.3 Å². The normalized spacial score (nSPS) is 16.6. The lowest BCUT2D eigenvalue weighted by atomic mass is 9.90. The number of anilines is 1. The Balaban J connectivity index is 0.00000176. The topological polar surface area (TPSA) is 77.2 Å². The maximum Gasteiger partial charge on any atom is 0.246 e. The van der Waals surface area contributed by atoms with Crippen molar-refractivity contribution in [3.8, 4) is 11.3 Å². The van der Waals surface area contributed by atoms with Crippen molar-refractivity contribution in [3.63, 3.8) is 0 Å². The molecule has 2 heterocycles. The summed E-state index contributed by atoms with van der Waals surface area (Å²) in [6.45, 7) is 1.05. The van der Waals surface area contributed by atoms with E-state index in [9.17, 15) is 4.79 Å². The first-order chi connectivity index (χ1) is 10.2. The summed E-state index contributed by atoms with van der Waals surface area (Å²) < 4.78 is 5.25. The minimum absolute atomic E-state index is 0. The fraction of sp³-hybridized carbons (Fsp3) is 0.333. The molecule has 1 saturated heterocycles. The average Bonchev–Trinajstić information content (AvgIpc) is 2.97. The fourth-order valence-corrected chi connectivity index (χ4v) is 2.97. The summed E-state index contributed by atoms with van der Waals surface area (Å²) >= 11 is 1.41. The summed E-state index contributed by atoms with van der Waals surface area (Å²) in [6.07, 6.45) is 1.07. The highest BCUT2D eigenvalue weighted by Crippen LogP contribution is 2.26. The Hall–Kier alpha value is -1.47. The number of carbonyl (C=O) groups excluding carboxylic acids is 1. The summed E-state index contributed by atoms with van der Waals surface area (Å²) in [7, 11) is 0. The van der Waals surface area contributed by atoms with Gasteiger partial charge >= 0.3 is 0 Å². The zero-order valence-corrected chi connectivity index (χ0v) is 13.6. The Bertz CT molecular complexity index is 627. The first-order valence-corrected chi connectivity index (χ1v) is 7.74. The Kier molecular flexibility index (Phi) is 5.52. The van der Waals surface area contributed by atoms with Crippen molar-refractivity contribution in [1.29, 1.82) is 0 Å². The molecular weight excluding hydrogens is 322 g/mol. The van der Waals surface area contributed by atoms with Crippen LogP contribution in [0.2, 0.25) is 0 Å². The van der Waals surface area contributed by atoms with Gasteiger partial charge in [0.05, 0.1) is 5.69 Å². The highest BCUT2D eigenvalue weighted by atomic mass is 35.5. The number of hydrogen-bond acceptors (Lipinski definition) is 5. The van der Waals surface area contributed by atoms with Gasteiger partial charge < -0.3 is 15.8 Å². The molecule has 1 aliphatic rings. The Morgan fingerprint density at radius 2 is 1.95 bits per heavy atom. The molecule has 2 aromatic rings. The van der Waals surface area contributed by atoms with Crippen molar-refractivity contribution in [2.24, 2.45) is 5.73 Å². The van der Waals surface area contributed by atoms with Gasteiger partial charge in [-0.05, 0) is 12.8 Å². The van der Waals surface area contributed by atoms with E-state index in [1.165, 1.54) is 11.3 Å². The number of aromatic nitrogens is 1. The van der Waals surface area contributed by atoms with Crippen LogP contribution in [0.15, 0.2) is 35.7 Å². The minimum atomic E-state index is -0.850. The van der Waals surface area contributed by atoms with Crippen LogP contribution in [0.5, 0.6) is 0 Å². The molecule has 0 radical (unpaired) electrons. The number of nitrogens with two attached hydrogens (primary N) is 1. The van der Waals surface area contributed by atoms with E-state index < -0.39 is 5.54 Å². The van der Waals surface area contributed by atoms with Crippen molar-refractivity contribution < 1.29 is 9.53 Å². The van der Waals surface area contributed by atoms with Crippen LogP contribution in [0.3, 0.4) is 0 Å². The molecule has 1 fully saturated rings. The van der Waals surface area contributed by atoms with Gasteiger partial charge in [-0.15, -0.1) is 23.7 Å². The van der Waals surface area contributed by atoms with Gasteiger partial charge in [0.15, 0.2) is 5.13 Å². The molecule has 1 aromatic carbocycles. The number of halogens is 1. The number of nitrogens with one attached hydrogen (secondary N) is 1. The van der Waals surface area contributed by atoms with Crippen LogP contribution in [0.4, 0.5) is 5.13 Å². The molecule has 0 unspecified atom stereocenters. The minimum Gasteiger partial charge on any atom is -0.381 e. The highest BCUT2D eigenvalue weighted by Gasteiger charge is 2.36. The van der Waals surface area contributed by atoms with Crippen LogP contribution in [0.25, 0.3) is 11.3 Å². The van der Waals surface area contributed by atoms with Gasteiger partial charge in [-0.3, -0.25) is 4.79 Å². The maximum absolute atomic E-state index is 12.3. The second-order valence-corrected chi connectivity index (χ2v) is 5.98. The standard InChI is InChI=1S/C15H17N3O2S.ClH/c16-15(6-8-20-9-7-15)13(19)18-14-17-12(10-21-14)11-4-2-1-3-5-11;/h1-5,10H,6-9,16H2,(H,17,18,19);1H. The van der Waals surface area contributed by atoms with Gasteiger partial charge in [0.2, 0.25) is 5.91 Å². The van der Waals surface area contributed by atoms with Gasteiger partial charge in [0.1, 0.15) is 5.54 Å². The number of ether oxygens (including phenoxy) is 1. The molecule has 0 aliphatic carbocycles. The van der Waals surface area contributed by atoms with E-state index >= 15 is 0 Å². The summed E-state index contributed by atoms with van der Waals surface area (Å²) in [6, 6.07) is 9.86. The van der Waals surface area contributed by atoms with E-state index in [0.717, 1.165) is 11.3 Å². The number of amides is 1. The van der Waals surface area contributed by atoms with Crippen LogP contribution in [-0.2, 0) is 9.53 Å². The zero-order chi connectivity index (χ0) is 14.7. The number of benzene rings is 1. The average molecular weight is 340 g/mol.